The molecule has 0 radical (unpaired) electrons. The quantitative estimate of drug-likeness (QED) is 0.219. The van der Waals surface area contributed by atoms with Gasteiger partial charge >= 0.3 is 0 Å². The largest absolute Gasteiger partial charge is 0.262 e. The highest BCUT2D eigenvalue weighted by Crippen LogP contribution is 2.33. The Morgan fingerprint density at radius 2 is 1.21 bits per heavy atom. The summed E-state index contributed by atoms with van der Waals surface area (Å²) in [5.74, 6) is -1.30. The lowest BCUT2D eigenvalue weighted by molar-refractivity contribution is 0.584. The van der Waals surface area contributed by atoms with Crippen molar-refractivity contribution in [2.75, 3.05) is 0 Å². The fourth-order valence-corrected chi connectivity index (χ4v) is 4.02. The van der Waals surface area contributed by atoms with Crippen molar-refractivity contribution in [2.45, 2.75) is 13.8 Å². The third kappa shape index (κ3) is 4.74. The van der Waals surface area contributed by atoms with Gasteiger partial charge in [-0.3, -0.25) is 9.97 Å². The molecule has 0 spiro atoms. The number of pyridine rings is 4. The van der Waals surface area contributed by atoms with E-state index in [1.807, 2.05) is 13.0 Å². The van der Waals surface area contributed by atoms with Crippen LogP contribution in [0, 0.1) is 25.5 Å². The monoisotopic (exact) mass is 502 g/mol. The van der Waals surface area contributed by atoms with Crippen LogP contribution in [0.15, 0.2) is 55.1 Å². The second kappa shape index (κ2) is 9.51. The van der Waals surface area contributed by atoms with Crippen LogP contribution < -0.4 is 0 Å². The highest BCUT2D eigenvalue weighted by atomic mass is 35.5. The first-order chi connectivity index (χ1) is 15.8. The number of fused-ring (bicyclic) bond motifs is 2. The molecule has 166 valence electrons. The molecule has 0 aliphatic rings. The van der Waals surface area contributed by atoms with Gasteiger partial charge in [-0.1, -0.05) is 34.8 Å². The van der Waals surface area contributed by atoms with Crippen LogP contribution in [0.25, 0.3) is 33.1 Å². The second-order valence-electron chi connectivity index (χ2n) is 7.18. The Balaban J connectivity index is 0.000000172. The van der Waals surface area contributed by atoms with E-state index in [0.29, 0.717) is 37.5 Å². The molecule has 4 aromatic heterocycles. The van der Waals surface area contributed by atoms with Crippen molar-refractivity contribution in [3.05, 3.63) is 93.1 Å². The van der Waals surface area contributed by atoms with E-state index < -0.39 is 11.6 Å². The lowest BCUT2D eigenvalue weighted by atomic mass is 10.0. The van der Waals surface area contributed by atoms with E-state index in [-0.39, 0.29) is 0 Å². The van der Waals surface area contributed by atoms with Gasteiger partial charge in [-0.05, 0) is 43.7 Å². The number of hydrogen-bond acceptors (Lipinski definition) is 4. The summed E-state index contributed by atoms with van der Waals surface area (Å²) in [6.45, 7) is 3.62. The van der Waals surface area contributed by atoms with E-state index in [0.717, 1.165) is 27.9 Å². The maximum atomic E-state index is 13.3. The fraction of sp³-hybridized carbons (Fsp3) is 0.0833. The minimum atomic E-state index is -0.649. The summed E-state index contributed by atoms with van der Waals surface area (Å²) in [5.41, 5.74) is 3.60. The van der Waals surface area contributed by atoms with E-state index in [9.17, 15) is 8.78 Å². The number of aromatic nitrogens is 4. The van der Waals surface area contributed by atoms with Gasteiger partial charge in [-0.25, -0.2) is 18.7 Å². The average Bonchev–Trinajstić information content (AvgIpc) is 2.80. The Hall–Kier alpha value is -2.93. The summed E-state index contributed by atoms with van der Waals surface area (Å²) in [6.07, 6.45) is 6.52. The van der Waals surface area contributed by atoms with Crippen molar-refractivity contribution in [3.63, 3.8) is 0 Å². The topological polar surface area (TPSA) is 51.6 Å². The Bertz CT molecular complexity index is 1490. The lowest BCUT2D eigenvalue weighted by Gasteiger charge is -2.10. The molecule has 0 aliphatic carbocycles. The summed E-state index contributed by atoms with van der Waals surface area (Å²) in [5, 5.41) is 3.25. The molecule has 0 atom stereocenters. The summed E-state index contributed by atoms with van der Waals surface area (Å²) >= 11 is 18.3. The molecule has 0 amide bonds. The van der Waals surface area contributed by atoms with Crippen LogP contribution in [-0.4, -0.2) is 19.9 Å². The summed E-state index contributed by atoms with van der Waals surface area (Å²) in [6, 6.07) is 6.87. The minimum Gasteiger partial charge on any atom is -0.262 e. The molecule has 0 bridgehead atoms. The van der Waals surface area contributed by atoms with Crippen LogP contribution in [0.4, 0.5) is 8.78 Å². The number of rotatable bonds is 1. The molecule has 5 rings (SSSR count). The maximum absolute atomic E-state index is 13.3. The van der Waals surface area contributed by atoms with Crippen molar-refractivity contribution >= 4 is 56.6 Å². The minimum absolute atomic E-state index is 0.354. The van der Waals surface area contributed by atoms with Crippen molar-refractivity contribution in [1.82, 2.24) is 19.9 Å². The summed E-state index contributed by atoms with van der Waals surface area (Å²) in [4.78, 5) is 16.5. The van der Waals surface area contributed by atoms with Gasteiger partial charge in [0.1, 0.15) is 16.8 Å². The Kier molecular flexibility index (Phi) is 6.70. The first-order valence-corrected chi connectivity index (χ1v) is 10.8. The molecule has 0 aliphatic heterocycles. The van der Waals surface area contributed by atoms with Gasteiger partial charge in [0, 0.05) is 40.4 Å². The molecule has 1 aromatic carbocycles. The molecule has 33 heavy (non-hydrogen) atoms. The van der Waals surface area contributed by atoms with E-state index in [2.05, 4.69) is 19.9 Å². The van der Waals surface area contributed by atoms with Crippen molar-refractivity contribution < 1.29 is 8.78 Å². The Morgan fingerprint density at radius 3 is 1.79 bits per heavy atom. The van der Waals surface area contributed by atoms with Gasteiger partial charge in [0.2, 0.25) is 0 Å². The summed E-state index contributed by atoms with van der Waals surface area (Å²) < 4.78 is 26.7. The molecule has 5 aromatic rings. The standard InChI is InChI=1S/C15H9ClF2N2.C9H6Cl2N2/c1-8-14(16)12-2-3-19-7-13(12)20-15(8)9-4-10(17)6-11(18)5-9;1-5-8(10)6-2-3-12-4-7(6)13-9(5)11/h2-7H,1H3;2-4H,1H3. The van der Waals surface area contributed by atoms with E-state index >= 15 is 0 Å². The SMILES string of the molecule is Cc1c(-c2cc(F)cc(F)c2)nc2cnccc2c1Cl.Cc1c(Cl)nc2cnccc2c1Cl. The molecular weight excluding hydrogens is 489 g/mol. The molecule has 9 heteroatoms. The molecular formula is C24H15Cl3F2N4. The molecule has 0 saturated heterocycles. The van der Waals surface area contributed by atoms with Crippen LogP contribution >= 0.6 is 34.8 Å². The predicted octanol–water partition coefficient (Wildman–Crippen LogP) is 7.78. The van der Waals surface area contributed by atoms with Crippen molar-refractivity contribution in [3.8, 4) is 11.3 Å². The van der Waals surface area contributed by atoms with Crippen molar-refractivity contribution in [1.29, 1.82) is 0 Å². The zero-order valence-corrected chi connectivity index (χ0v) is 19.6. The normalized spacial score (nSPS) is 10.9. The van der Waals surface area contributed by atoms with Gasteiger partial charge in [0.25, 0.3) is 0 Å². The van der Waals surface area contributed by atoms with Crippen LogP contribution in [0.5, 0.6) is 0 Å². The van der Waals surface area contributed by atoms with Gasteiger partial charge in [0.15, 0.2) is 0 Å². The highest BCUT2D eigenvalue weighted by molar-refractivity contribution is 6.39. The maximum Gasteiger partial charge on any atom is 0.134 e. The first-order valence-electron chi connectivity index (χ1n) is 9.68. The van der Waals surface area contributed by atoms with Crippen LogP contribution in [0.1, 0.15) is 11.1 Å². The average molecular weight is 504 g/mol. The molecule has 0 unspecified atom stereocenters. The second-order valence-corrected chi connectivity index (χ2v) is 8.30. The highest BCUT2D eigenvalue weighted by Gasteiger charge is 2.13. The number of benzene rings is 1. The van der Waals surface area contributed by atoms with Crippen LogP contribution in [0.2, 0.25) is 15.2 Å². The van der Waals surface area contributed by atoms with Crippen LogP contribution in [0.3, 0.4) is 0 Å². The lowest BCUT2D eigenvalue weighted by Crippen LogP contribution is -1.94. The number of hydrogen-bond donors (Lipinski definition) is 0. The van der Waals surface area contributed by atoms with Gasteiger partial charge < -0.3 is 0 Å². The zero-order valence-electron chi connectivity index (χ0n) is 17.4. The van der Waals surface area contributed by atoms with Gasteiger partial charge in [-0.2, -0.15) is 0 Å². The van der Waals surface area contributed by atoms with Crippen LogP contribution in [-0.2, 0) is 0 Å². The summed E-state index contributed by atoms with van der Waals surface area (Å²) in [7, 11) is 0. The van der Waals surface area contributed by atoms with E-state index in [1.165, 1.54) is 12.1 Å². The third-order valence-corrected chi connectivity index (χ3v) is 6.33. The predicted molar refractivity (Wildman–Crippen MR) is 129 cm³/mol. The van der Waals surface area contributed by atoms with E-state index in [4.69, 9.17) is 34.8 Å². The Labute approximate surface area is 203 Å². The van der Waals surface area contributed by atoms with Crippen molar-refractivity contribution in [2.24, 2.45) is 0 Å². The van der Waals surface area contributed by atoms with E-state index in [1.54, 1.807) is 37.8 Å². The zero-order chi connectivity index (χ0) is 23.7. The third-order valence-electron chi connectivity index (χ3n) is 4.98. The fourth-order valence-electron chi connectivity index (χ4n) is 3.29. The first kappa shape index (κ1) is 23.2. The number of halogens is 5. The molecule has 0 N–H and O–H groups in total. The molecule has 0 fully saturated rings. The molecule has 0 saturated carbocycles. The smallest absolute Gasteiger partial charge is 0.134 e. The molecule has 4 heterocycles. The van der Waals surface area contributed by atoms with Gasteiger partial charge in [-0.15, -0.1) is 0 Å². The number of nitrogens with zero attached hydrogens (tertiary/aromatic N) is 4. The Morgan fingerprint density at radius 1 is 0.697 bits per heavy atom. The molecule has 4 nitrogen and oxygen atoms in total. The van der Waals surface area contributed by atoms with Gasteiger partial charge in [0.05, 0.1) is 39.2 Å².